The molecule has 20 heavy (non-hydrogen) atoms. The fraction of sp³-hybridized carbons (Fsp3) is 0.250. The molecule has 0 saturated carbocycles. The summed E-state index contributed by atoms with van der Waals surface area (Å²) in [5.41, 5.74) is 4.42. The van der Waals surface area contributed by atoms with E-state index in [0.717, 1.165) is 23.1 Å². The van der Waals surface area contributed by atoms with Gasteiger partial charge in [-0.15, -0.1) is 0 Å². The van der Waals surface area contributed by atoms with Crippen molar-refractivity contribution in [3.05, 3.63) is 52.7 Å². The third-order valence-electron chi connectivity index (χ3n) is 3.19. The number of hydrogen-bond donors (Lipinski definition) is 2. The molecule has 0 atom stereocenters. The maximum atomic E-state index is 11.9. The fourth-order valence-electron chi connectivity index (χ4n) is 2.03. The van der Waals surface area contributed by atoms with Crippen LogP contribution < -0.4 is 5.32 Å². The van der Waals surface area contributed by atoms with Gasteiger partial charge in [0, 0.05) is 11.6 Å². The molecule has 4 nitrogen and oxygen atoms in total. The lowest BCUT2D eigenvalue weighted by molar-refractivity contribution is -0.111. The molecular formula is C16H19N3O. The summed E-state index contributed by atoms with van der Waals surface area (Å²) >= 11 is 0. The minimum Gasteiger partial charge on any atom is -0.307 e. The number of amides is 1. The molecule has 0 fully saturated rings. The van der Waals surface area contributed by atoms with Gasteiger partial charge in [-0.25, -0.2) is 0 Å². The van der Waals surface area contributed by atoms with E-state index in [0.29, 0.717) is 5.82 Å². The van der Waals surface area contributed by atoms with Crippen molar-refractivity contribution in [3.8, 4) is 0 Å². The molecule has 1 amide bonds. The molecule has 0 aliphatic heterocycles. The van der Waals surface area contributed by atoms with Crippen LogP contribution in [0.15, 0.2) is 30.5 Å². The molecule has 1 aromatic heterocycles. The Labute approximate surface area is 118 Å². The summed E-state index contributed by atoms with van der Waals surface area (Å²) in [7, 11) is 0. The second-order valence-corrected chi connectivity index (χ2v) is 4.81. The van der Waals surface area contributed by atoms with Crippen molar-refractivity contribution in [2.75, 3.05) is 5.32 Å². The van der Waals surface area contributed by atoms with Gasteiger partial charge in [0.15, 0.2) is 0 Å². The molecular weight excluding hydrogens is 250 g/mol. The van der Waals surface area contributed by atoms with Crippen LogP contribution in [0.4, 0.5) is 5.82 Å². The number of aromatic amines is 1. The molecule has 2 rings (SSSR count). The molecule has 4 heteroatoms. The van der Waals surface area contributed by atoms with Crippen molar-refractivity contribution < 1.29 is 4.79 Å². The largest absolute Gasteiger partial charge is 0.307 e. The van der Waals surface area contributed by atoms with Crippen molar-refractivity contribution in [2.45, 2.75) is 27.2 Å². The highest BCUT2D eigenvalue weighted by molar-refractivity contribution is 6.01. The number of aromatic nitrogens is 2. The first-order valence-corrected chi connectivity index (χ1v) is 6.68. The standard InChI is InChI=1S/C16H19N3O/c1-4-13-10-17-19-16(13)18-15(20)8-7-14-6-5-11(2)9-12(14)3/h5-10H,4H2,1-3H3,(H2,17,18,19,20)/b8-7+. The summed E-state index contributed by atoms with van der Waals surface area (Å²) in [4.78, 5) is 11.9. The summed E-state index contributed by atoms with van der Waals surface area (Å²) < 4.78 is 0. The Morgan fingerprint density at radius 3 is 2.90 bits per heavy atom. The second-order valence-electron chi connectivity index (χ2n) is 4.81. The Morgan fingerprint density at radius 1 is 1.40 bits per heavy atom. The van der Waals surface area contributed by atoms with Gasteiger partial charge in [0.2, 0.25) is 5.91 Å². The van der Waals surface area contributed by atoms with Crippen molar-refractivity contribution >= 4 is 17.8 Å². The Hall–Kier alpha value is -2.36. The van der Waals surface area contributed by atoms with Crippen LogP contribution >= 0.6 is 0 Å². The highest BCUT2D eigenvalue weighted by Crippen LogP contribution is 2.13. The molecule has 0 unspecified atom stereocenters. The summed E-state index contributed by atoms with van der Waals surface area (Å²) in [5, 5.41) is 9.51. The minimum atomic E-state index is -0.163. The number of carbonyl (C=O) groups is 1. The second kappa shape index (κ2) is 6.19. The van der Waals surface area contributed by atoms with Crippen LogP contribution in [0.5, 0.6) is 0 Å². The lowest BCUT2D eigenvalue weighted by Crippen LogP contribution is -2.09. The van der Waals surface area contributed by atoms with Crippen molar-refractivity contribution in [1.82, 2.24) is 10.2 Å². The first kappa shape index (κ1) is 14.1. The fourth-order valence-corrected chi connectivity index (χ4v) is 2.03. The summed E-state index contributed by atoms with van der Waals surface area (Å²) in [5.74, 6) is 0.506. The van der Waals surface area contributed by atoms with Gasteiger partial charge in [0.1, 0.15) is 5.82 Å². The Balaban J connectivity index is 2.06. The normalized spacial score (nSPS) is 10.9. The smallest absolute Gasteiger partial charge is 0.249 e. The number of rotatable bonds is 4. The van der Waals surface area contributed by atoms with Gasteiger partial charge in [0.05, 0.1) is 6.20 Å². The number of benzene rings is 1. The first-order valence-electron chi connectivity index (χ1n) is 6.68. The Bertz CT molecular complexity index is 641. The van der Waals surface area contributed by atoms with E-state index in [9.17, 15) is 4.79 Å². The molecule has 0 bridgehead atoms. The molecule has 0 radical (unpaired) electrons. The highest BCUT2D eigenvalue weighted by atomic mass is 16.1. The lowest BCUT2D eigenvalue weighted by atomic mass is 10.1. The van der Waals surface area contributed by atoms with E-state index in [2.05, 4.69) is 28.5 Å². The van der Waals surface area contributed by atoms with Gasteiger partial charge in [0.25, 0.3) is 0 Å². The topological polar surface area (TPSA) is 57.8 Å². The van der Waals surface area contributed by atoms with Crippen LogP contribution in [-0.2, 0) is 11.2 Å². The van der Waals surface area contributed by atoms with Crippen LogP contribution in [0.2, 0.25) is 0 Å². The zero-order valence-corrected chi connectivity index (χ0v) is 12.0. The number of nitrogens with zero attached hydrogens (tertiary/aromatic N) is 1. The third kappa shape index (κ3) is 3.35. The maximum absolute atomic E-state index is 11.9. The average molecular weight is 269 g/mol. The van der Waals surface area contributed by atoms with Gasteiger partial charge < -0.3 is 5.32 Å². The molecule has 104 valence electrons. The van der Waals surface area contributed by atoms with Gasteiger partial charge in [-0.2, -0.15) is 5.10 Å². The zero-order valence-electron chi connectivity index (χ0n) is 12.0. The predicted molar refractivity (Wildman–Crippen MR) is 81.5 cm³/mol. The molecule has 0 saturated heterocycles. The van der Waals surface area contributed by atoms with Gasteiger partial charge in [-0.05, 0) is 37.5 Å². The maximum Gasteiger partial charge on any atom is 0.249 e. The zero-order chi connectivity index (χ0) is 14.5. The minimum absolute atomic E-state index is 0.163. The van der Waals surface area contributed by atoms with E-state index in [1.807, 2.05) is 32.1 Å². The average Bonchev–Trinajstić information content (AvgIpc) is 2.85. The van der Waals surface area contributed by atoms with Crippen molar-refractivity contribution in [1.29, 1.82) is 0 Å². The van der Waals surface area contributed by atoms with Gasteiger partial charge in [-0.3, -0.25) is 9.89 Å². The number of hydrogen-bond acceptors (Lipinski definition) is 2. The summed E-state index contributed by atoms with van der Waals surface area (Å²) in [6, 6.07) is 6.15. The molecule has 0 aliphatic rings. The van der Waals surface area contributed by atoms with Crippen LogP contribution in [0.25, 0.3) is 6.08 Å². The number of carbonyl (C=O) groups excluding carboxylic acids is 1. The van der Waals surface area contributed by atoms with Crippen LogP contribution in [-0.4, -0.2) is 16.1 Å². The van der Waals surface area contributed by atoms with Crippen LogP contribution in [0, 0.1) is 13.8 Å². The predicted octanol–water partition coefficient (Wildman–Crippen LogP) is 3.24. The van der Waals surface area contributed by atoms with Gasteiger partial charge in [-0.1, -0.05) is 30.7 Å². The SMILES string of the molecule is CCc1cn[nH]c1NC(=O)/C=C/c1ccc(C)cc1C. The number of anilines is 1. The van der Waals surface area contributed by atoms with Crippen LogP contribution in [0.3, 0.4) is 0 Å². The molecule has 1 heterocycles. The Morgan fingerprint density at radius 2 is 2.20 bits per heavy atom. The van der Waals surface area contributed by atoms with Crippen molar-refractivity contribution in [2.24, 2.45) is 0 Å². The van der Waals surface area contributed by atoms with E-state index < -0.39 is 0 Å². The molecule has 0 aliphatic carbocycles. The number of nitrogens with one attached hydrogen (secondary N) is 2. The summed E-state index contributed by atoms with van der Waals surface area (Å²) in [6.07, 6.45) is 5.92. The van der Waals surface area contributed by atoms with Crippen LogP contribution in [0.1, 0.15) is 29.2 Å². The van der Waals surface area contributed by atoms with E-state index in [4.69, 9.17) is 0 Å². The molecule has 2 aromatic rings. The molecule has 0 spiro atoms. The van der Waals surface area contributed by atoms with E-state index >= 15 is 0 Å². The third-order valence-corrected chi connectivity index (χ3v) is 3.19. The number of aryl methyl sites for hydroxylation is 3. The highest BCUT2D eigenvalue weighted by Gasteiger charge is 2.05. The Kier molecular flexibility index (Phi) is 4.35. The quantitative estimate of drug-likeness (QED) is 0.837. The lowest BCUT2D eigenvalue weighted by Gasteiger charge is -2.03. The van der Waals surface area contributed by atoms with Gasteiger partial charge >= 0.3 is 0 Å². The van der Waals surface area contributed by atoms with E-state index in [1.165, 1.54) is 11.6 Å². The number of H-pyrrole nitrogens is 1. The van der Waals surface area contributed by atoms with E-state index in [-0.39, 0.29) is 5.91 Å². The molecule has 1 aromatic carbocycles. The first-order chi connectivity index (χ1) is 9.60. The van der Waals surface area contributed by atoms with E-state index in [1.54, 1.807) is 6.20 Å². The van der Waals surface area contributed by atoms with Crippen molar-refractivity contribution in [3.63, 3.8) is 0 Å². The monoisotopic (exact) mass is 269 g/mol. The summed E-state index contributed by atoms with van der Waals surface area (Å²) in [6.45, 7) is 6.11. The molecule has 2 N–H and O–H groups in total.